The number of rotatable bonds is 6. The second-order valence-corrected chi connectivity index (χ2v) is 8.86. The van der Waals surface area contributed by atoms with Crippen LogP contribution >= 0.6 is 11.8 Å². The quantitative estimate of drug-likeness (QED) is 0.558. The number of hydrogen-bond acceptors (Lipinski definition) is 6. The van der Waals surface area contributed by atoms with E-state index in [4.69, 9.17) is 4.52 Å². The van der Waals surface area contributed by atoms with Crippen LogP contribution in [0.3, 0.4) is 0 Å². The highest BCUT2D eigenvalue weighted by atomic mass is 32.2. The van der Waals surface area contributed by atoms with Gasteiger partial charge in [0.2, 0.25) is 5.91 Å². The van der Waals surface area contributed by atoms with Crippen molar-refractivity contribution in [3.63, 3.8) is 0 Å². The zero-order chi connectivity index (χ0) is 22.5. The third-order valence-electron chi connectivity index (χ3n) is 5.66. The van der Waals surface area contributed by atoms with Crippen LogP contribution in [0.2, 0.25) is 0 Å². The Morgan fingerprint density at radius 1 is 1.19 bits per heavy atom. The van der Waals surface area contributed by atoms with Crippen molar-refractivity contribution in [1.82, 2.24) is 15.0 Å². The number of carbonyl (C=O) groups is 2. The predicted octanol–water partition coefficient (Wildman–Crippen LogP) is 4.47. The fraction of sp³-hybridized carbons (Fsp3) is 0.333. The second-order valence-electron chi connectivity index (χ2n) is 7.89. The Hall–Kier alpha value is -3.13. The van der Waals surface area contributed by atoms with Gasteiger partial charge in [-0.25, -0.2) is 4.98 Å². The molecule has 0 radical (unpaired) electrons. The summed E-state index contributed by atoms with van der Waals surface area (Å²) >= 11 is 1.50. The number of aromatic nitrogens is 2. The average molecular weight is 451 g/mol. The maximum atomic E-state index is 13.4. The molecule has 3 aromatic rings. The molecule has 166 valence electrons. The van der Waals surface area contributed by atoms with Gasteiger partial charge in [0.15, 0.2) is 0 Å². The number of para-hydroxylation sites is 1. The Morgan fingerprint density at radius 3 is 2.75 bits per heavy atom. The normalized spacial score (nSPS) is 16.1. The molecule has 1 aromatic carbocycles. The molecular formula is C24H26N4O3S. The minimum Gasteiger partial charge on any atom is -0.361 e. The van der Waals surface area contributed by atoms with Gasteiger partial charge in [0, 0.05) is 36.3 Å². The first-order chi connectivity index (χ1) is 15.5. The summed E-state index contributed by atoms with van der Waals surface area (Å²) < 4.78 is 5.24. The lowest BCUT2D eigenvalue weighted by Gasteiger charge is -2.32. The third-order valence-corrected chi connectivity index (χ3v) is 6.69. The summed E-state index contributed by atoms with van der Waals surface area (Å²) in [5.74, 6) is 1.04. The molecule has 1 N–H and O–H groups in total. The first-order valence-corrected chi connectivity index (χ1v) is 11.7. The van der Waals surface area contributed by atoms with Crippen LogP contribution in [0, 0.1) is 19.8 Å². The molecular weight excluding hydrogens is 424 g/mol. The topological polar surface area (TPSA) is 88.3 Å². The van der Waals surface area contributed by atoms with Gasteiger partial charge in [-0.2, -0.15) is 0 Å². The van der Waals surface area contributed by atoms with Crippen molar-refractivity contribution in [2.24, 2.45) is 5.92 Å². The number of piperidine rings is 1. The van der Waals surface area contributed by atoms with E-state index in [1.807, 2.05) is 44.2 Å². The maximum Gasteiger partial charge on any atom is 0.256 e. The highest BCUT2D eigenvalue weighted by molar-refractivity contribution is 7.98. The van der Waals surface area contributed by atoms with Gasteiger partial charge >= 0.3 is 0 Å². The molecule has 0 saturated carbocycles. The van der Waals surface area contributed by atoms with Crippen molar-refractivity contribution in [2.45, 2.75) is 37.5 Å². The highest BCUT2D eigenvalue weighted by Crippen LogP contribution is 2.29. The van der Waals surface area contributed by atoms with E-state index in [9.17, 15) is 9.59 Å². The molecule has 0 spiro atoms. The van der Waals surface area contributed by atoms with Crippen LogP contribution in [0.15, 0.2) is 58.2 Å². The molecule has 32 heavy (non-hydrogen) atoms. The molecule has 2 aromatic heterocycles. The molecule has 1 aliphatic heterocycles. The van der Waals surface area contributed by atoms with E-state index in [2.05, 4.69) is 15.5 Å². The minimum atomic E-state index is -0.233. The zero-order valence-corrected chi connectivity index (χ0v) is 19.0. The molecule has 1 aliphatic rings. The van der Waals surface area contributed by atoms with Crippen LogP contribution in [0.1, 0.15) is 40.2 Å². The van der Waals surface area contributed by atoms with Crippen LogP contribution in [-0.2, 0) is 10.5 Å². The molecule has 0 aliphatic carbocycles. The molecule has 1 saturated heterocycles. The van der Waals surface area contributed by atoms with E-state index in [1.54, 1.807) is 23.2 Å². The lowest BCUT2D eigenvalue weighted by molar-refractivity contribution is -0.121. The lowest BCUT2D eigenvalue weighted by atomic mass is 9.96. The Morgan fingerprint density at radius 2 is 2.00 bits per heavy atom. The number of hydrogen-bond donors (Lipinski definition) is 1. The van der Waals surface area contributed by atoms with Gasteiger partial charge in [-0.3, -0.25) is 9.59 Å². The average Bonchev–Trinajstić information content (AvgIpc) is 3.15. The van der Waals surface area contributed by atoms with Crippen LogP contribution in [0.4, 0.5) is 5.69 Å². The summed E-state index contributed by atoms with van der Waals surface area (Å²) in [6.45, 7) is 4.83. The Kier molecular flexibility index (Phi) is 6.90. The number of aryl methyl sites for hydroxylation is 2. The largest absolute Gasteiger partial charge is 0.361 e. The minimum absolute atomic E-state index is 0.0482. The maximum absolute atomic E-state index is 13.4. The van der Waals surface area contributed by atoms with Crippen molar-refractivity contribution >= 4 is 29.3 Å². The first-order valence-electron chi connectivity index (χ1n) is 10.7. The first kappa shape index (κ1) is 22.1. The van der Waals surface area contributed by atoms with E-state index in [0.717, 1.165) is 35.5 Å². The lowest BCUT2D eigenvalue weighted by Crippen LogP contribution is -2.44. The number of nitrogens with one attached hydrogen (secondary N) is 1. The van der Waals surface area contributed by atoms with E-state index < -0.39 is 0 Å². The van der Waals surface area contributed by atoms with Gasteiger partial charge < -0.3 is 14.7 Å². The van der Waals surface area contributed by atoms with E-state index >= 15 is 0 Å². The van der Waals surface area contributed by atoms with E-state index in [-0.39, 0.29) is 17.7 Å². The van der Waals surface area contributed by atoms with Crippen molar-refractivity contribution in [2.75, 3.05) is 18.4 Å². The Labute approximate surface area is 191 Å². The van der Waals surface area contributed by atoms with Crippen molar-refractivity contribution in [1.29, 1.82) is 0 Å². The van der Waals surface area contributed by atoms with E-state index in [1.165, 1.54) is 11.8 Å². The summed E-state index contributed by atoms with van der Waals surface area (Å²) in [7, 11) is 0. The highest BCUT2D eigenvalue weighted by Gasteiger charge is 2.30. The molecule has 1 atom stereocenters. The summed E-state index contributed by atoms with van der Waals surface area (Å²) in [4.78, 5) is 32.3. The van der Waals surface area contributed by atoms with E-state index in [0.29, 0.717) is 29.4 Å². The molecule has 0 bridgehead atoms. The van der Waals surface area contributed by atoms with Crippen LogP contribution < -0.4 is 5.32 Å². The van der Waals surface area contributed by atoms with Gasteiger partial charge in [-0.15, -0.1) is 11.8 Å². The fourth-order valence-electron chi connectivity index (χ4n) is 3.83. The van der Waals surface area contributed by atoms with Crippen LogP contribution in [0.5, 0.6) is 0 Å². The fourth-order valence-corrected chi connectivity index (χ4v) is 4.97. The van der Waals surface area contributed by atoms with Crippen LogP contribution in [0.25, 0.3) is 0 Å². The van der Waals surface area contributed by atoms with Gasteiger partial charge in [0.1, 0.15) is 10.8 Å². The molecule has 1 unspecified atom stereocenters. The standard InChI is InChI=1S/C24H26N4O3S/c1-16-21(17(2)31-27-16)15-32-23-20(11-6-12-25-23)24(30)28-13-7-8-18(14-28)22(29)26-19-9-4-3-5-10-19/h3-6,9-12,18H,7-8,13-15H2,1-2H3,(H,26,29). The molecule has 8 heteroatoms. The second kappa shape index (κ2) is 9.99. The number of anilines is 1. The smallest absolute Gasteiger partial charge is 0.256 e. The van der Waals surface area contributed by atoms with Gasteiger partial charge in [-0.1, -0.05) is 23.4 Å². The number of pyridine rings is 1. The molecule has 3 heterocycles. The van der Waals surface area contributed by atoms with Gasteiger partial charge in [-0.05, 0) is 51.0 Å². The van der Waals surface area contributed by atoms with Crippen LogP contribution in [-0.4, -0.2) is 39.9 Å². The SMILES string of the molecule is Cc1noc(C)c1CSc1ncccc1C(=O)N1CCCC(C(=O)Nc2ccccc2)C1. The number of nitrogens with zero attached hydrogens (tertiary/aromatic N) is 3. The summed E-state index contributed by atoms with van der Waals surface area (Å²) in [6, 6.07) is 13.0. The molecule has 7 nitrogen and oxygen atoms in total. The van der Waals surface area contributed by atoms with Gasteiger partial charge in [0.25, 0.3) is 5.91 Å². The number of amides is 2. The molecule has 4 rings (SSSR count). The Balaban J connectivity index is 1.44. The summed E-state index contributed by atoms with van der Waals surface area (Å²) in [5.41, 5.74) is 3.20. The predicted molar refractivity (Wildman–Crippen MR) is 123 cm³/mol. The van der Waals surface area contributed by atoms with Crippen molar-refractivity contribution < 1.29 is 14.1 Å². The number of likely N-dealkylation sites (tertiary alicyclic amines) is 1. The Bertz CT molecular complexity index is 1080. The molecule has 1 fully saturated rings. The number of thioether (sulfide) groups is 1. The monoisotopic (exact) mass is 450 g/mol. The third kappa shape index (κ3) is 5.02. The summed E-state index contributed by atoms with van der Waals surface area (Å²) in [5, 5.41) is 7.63. The summed E-state index contributed by atoms with van der Waals surface area (Å²) in [6.07, 6.45) is 3.25. The zero-order valence-electron chi connectivity index (χ0n) is 18.2. The molecule has 2 amide bonds. The van der Waals surface area contributed by atoms with Gasteiger partial charge in [0.05, 0.1) is 17.2 Å². The number of carbonyl (C=O) groups excluding carboxylic acids is 2. The van der Waals surface area contributed by atoms with Crippen molar-refractivity contribution in [3.8, 4) is 0 Å². The van der Waals surface area contributed by atoms with Crippen molar-refractivity contribution in [3.05, 3.63) is 71.2 Å². The number of benzene rings is 1.